The van der Waals surface area contributed by atoms with Crippen molar-refractivity contribution >= 4 is 11.6 Å². The van der Waals surface area contributed by atoms with E-state index in [2.05, 4.69) is 20.1 Å². The Balaban J connectivity index is 1.21. The summed E-state index contributed by atoms with van der Waals surface area (Å²) in [5.41, 5.74) is 8.45. The number of ether oxygens (including phenoxy) is 1. The van der Waals surface area contributed by atoms with Gasteiger partial charge < -0.3 is 15.0 Å². The molecular weight excluding hydrogens is 453 g/mol. The zero-order valence-electron chi connectivity index (χ0n) is 18.6. The van der Waals surface area contributed by atoms with Gasteiger partial charge in [0.25, 0.3) is 5.91 Å². The highest BCUT2D eigenvalue weighted by Crippen LogP contribution is 2.39. The molecular formula is C24H22FN7O3. The van der Waals surface area contributed by atoms with Crippen LogP contribution in [0.4, 0.5) is 10.1 Å². The Kier molecular flexibility index (Phi) is 6.06. The Morgan fingerprint density at radius 2 is 1.89 bits per heavy atom. The summed E-state index contributed by atoms with van der Waals surface area (Å²) in [7, 11) is 0. The van der Waals surface area contributed by atoms with Gasteiger partial charge in [-0.2, -0.15) is 9.97 Å². The van der Waals surface area contributed by atoms with E-state index in [0.717, 1.165) is 23.4 Å². The quantitative estimate of drug-likeness (QED) is 0.170. The highest BCUT2D eigenvalue weighted by Gasteiger charge is 2.30. The maximum Gasteiger partial charge on any atom is 0.317 e. The SMILES string of the molecule is Nc1ccc(-c2ccc(F)cc2)cc1C(=O)N(N)CCOc1nccc(-c2noc(C3CC3)n2)n1. The van der Waals surface area contributed by atoms with Crippen molar-refractivity contribution in [3.8, 4) is 28.7 Å². The van der Waals surface area contributed by atoms with Crippen LogP contribution in [0, 0.1) is 5.82 Å². The summed E-state index contributed by atoms with van der Waals surface area (Å²) in [5, 5.41) is 4.97. The summed E-state index contributed by atoms with van der Waals surface area (Å²) in [4.78, 5) is 25.6. The first-order valence-corrected chi connectivity index (χ1v) is 11.0. The number of nitrogens with two attached hydrogens (primary N) is 2. The number of benzene rings is 2. The smallest absolute Gasteiger partial charge is 0.317 e. The van der Waals surface area contributed by atoms with Crippen molar-refractivity contribution in [3.05, 3.63) is 72.0 Å². The third kappa shape index (κ3) is 5.09. The highest BCUT2D eigenvalue weighted by molar-refractivity contribution is 6.00. The Labute approximate surface area is 199 Å². The summed E-state index contributed by atoms with van der Waals surface area (Å²) in [6, 6.07) is 12.7. The number of hydrazine groups is 1. The van der Waals surface area contributed by atoms with Crippen LogP contribution < -0.4 is 16.3 Å². The van der Waals surface area contributed by atoms with E-state index in [1.54, 1.807) is 36.4 Å². The van der Waals surface area contributed by atoms with E-state index in [9.17, 15) is 9.18 Å². The number of aromatic nitrogens is 4. The third-order valence-corrected chi connectivity index (χ3v) is 5.52. The van der Waals surface area contributed by atoms with Crippen molar-refractivity contribution < 1.29 is 18.4 Å². The van der Waals surface area contributed by atoms with Gasteiger partial charge in [0.1, 0.15) is 18.1 Å². The molecule has 2 aromatic heterocycles. The number of amides is 1. The molecule has 0 radical (unpaired) electrons. The van der Waals surface area contributed by atoms with Crippen LogP contribution in [0.5, 0.6) is 6.01 Å². The van der Waals surface area contributed by atoms with E-state index >= 15 is 0 Å². The molecule has 2 heterocycles. The van der Waals surface area contributed by atoms with Gasteiger partial charge in [-0.05, 0) is 54.3 Å². The van der Waals surface area contributed by atoms with Gasteiger partial charge in [0.2, 0.25) is 11.7 Å². The van der Waals surface area contributed by atoms with Gasteiger partial charge in [-0.25, -0.2) is 15.2 Å². The first kappa shape index (κ1) is 22.4. The second kappa shape index (κ2) is 9.47. The molecule has 4 N–H and O–H groups in total. The van der Waals surface area contributed by atoms with Crippen LogP contribution in [-0.2, 0) is 0 Å². The second-order valence-electron chi connectivity index (χ2n) is 8.11. The standard InChI is InChI=1S/C24H22FN7O3/c25-17-6-3-14(4-7-17)16-5-8-19(26)18(13-16)23(33)32(27)11-12-34-24-28-10-9-20(29-24)21-30-22(35-31-21)15-1-2-15/h3-10,13,15H,1-2,11-12,26-27H2. The van der Waals surface area contributed by atoms with Crippen molar-refractivity contribution in [2.45, 2.75) is 18.8 Å². The number of halogens is 1. The third-order valence-electron chi connectivity index (χ3n) is 5.52. The minimum Gasteiger partial charge on any atom is -0.461 e. The minimum absolute atomic E-state index is 0.0445. The van der Waals surface area contributed by atoms with Gasteiger partial charge in [0, 0.05) is 17.8 Å². The lowest BCUT2D eigenvalue weighted by Gasteiger charge is -2.18. The van der Waals surface area contributed by atoms with E-state index in [1.165, 1.54) is 18.3 Å². The van der Waals surface area contributed by atoms with Crippen LogP contribution >= 0.6 is 0 Å². The monoisotopic (exact) mass is 475 g/mol. The largest absolute Gasteiger partial charge is 0.461 e. The summed E-state index contributed by atoms with van der Waals surface area (Å²) in [6.45, 7) is 0.101. The van der Waals surface area contributed by atoms with E-state index in [1.807, 2.05) is 0 Å². The normalized spacial score (nSPS) is 13.0. The van der Waals surface area contributed by atoms with Crippen LogP contribution in [0.15, 0.2) is 59.3 Å². The predicted molar refractivity (Wildman–Crippen MR) is 124 cm³/mol. The van der Waals surface area contributed by atoms with Crippen LogP contribution in [0.1, 0.15) is 35.0 Å². The summed E-state index contributed by atoms with van der Waals surface area (Å²) < 4.78 is 24.1. The number of hydrogen-bond acceptors (Lipinski definition) is 9. The molecule has 1 fully saturated rings. The molecule has 0 saturated heterocycles. The van der Waals surface area contributed by atoms with Gasteiger partial charge in [-0.15, -0.1) is 0 Å². The topological polar surface area (TPSA) is 146 Å². The molecule has 2 aromatic carbocycles. The fourth-order valence-electron chi connectivity index (χ4n) is 3.43. The Hall–Kier alpha value is -4.38. The van der Waals surface area contributed by atoms with E-state index in [0.29, 0.717) is 28.9 Å². The van der Waals surface area contributed by atoms with Crippen molar-refractivity contribution in [1.82, 2.24) is 25.1 Å². The number of nitrogen functional groups attached to an aromatic ring is 1. The number of anilines is 1. The number of carbonyl (C=O) groups excluding carboxylic acids is 1. The molecule has 1 aliphatic carbocycles. The molecule has 0 bridgehead atoms. The van der Waals surface area contributed by atoms with Crippen molar-refractivity contribution in [3.63, 3.8) is 0 Å². The zero-order valence-corrected chi connectivity index (χ0v) is 18.6. The molecule has 0 aliphatic heterocycles. The number of hydrogen-bond donors (Lipinski definition) is 2. The first-order chi connectivity index (χ1) is 17.0. The van der Waals surface area contributed by atoms with Gasteiger partial charge in [0.05, 0.1) is 12.1 Å². The Morgan fingerprint density at radius 3 is 2.66 bits per heavy atom. The number of nitrogens with zero attached hydrogens (tertiary/aromatic N) is 5. The van der Waals surface area contributed by atoms with Gasteiger partial charge >= 0.3 is 6.01 Å². The van der Waals surface area contributed by atoms with E-state index in [-0.39, 0.29) is 36.2 Å². The predicted octanol–water partition coefficient (Wildman–Crippen LogP) is 3.19. The summed E-state index contributed by atoms with van der Waals surface area (Å²) in [5.74, 6) is 6.47. The molecule has 11 heteroatoms. The van der Waals surface area contributed by atoms with E-state index in [4.69, 9.17) is 20.8 Å². The lowest BCUT2D eigenvalue weighted by molar-refractivity contribution is 0.0728. The molecule has 1 aliphatic rings. The molecule has 4 aromatic rings. The molecule has 178 valence electrons. The van der Waals surface area contributed by atoms with E-state index < -0.39 is 5.91 Å². The summed E-state index contributed by atoms with van der Waals surface area (Å²) in [6.07, 6.45) is 3.63. The Bertz CT molecular complexity index is 1360. The van der Waals surface area contributed by atoms with Crippen LogP contribution in [0.3, 0.4) is 0 Å². The number of carbonyl (C=O) groups is 1. The fraction of sp³-hybridized carbons (Fsp3) is 0.208. The molecule has 1 amide bonds. The van der Waals surface area contributed by atoms with Crippen molar-refractivity contribution in [1.29, 1.82) is 0 Å². The molecule has 1 saturated carbocycles. The average Bonchev–Trinajstić information content (AvgIpc) is 3.61. The second-order valence-corrected chi connectivity index (χ2v) is 8.11. The number of rotatable bonds is 8. The lowest BCUT2D eigenvalue weighted by Crippen LogP contribution is -2.40. The molecule has 0 atom stereocenters. The van der Waals surface area contributed by atoms with Crippen LogP contribution in [0.25, 0.3) is 22.6 Å². The van der Waals surface area contributed by atoms with Crippen molar-refractivity contribution in [2.75, 3.05) is 18.9 Å². The lowest BCUT2D eigenvalue weighted by atomic mass is 10.0. The zero-order chi connectivity index (χ0) is 24.4. The maximum atomic E-state index is 13.2. The van der Waals surface area contributed by atoms with Gasteiger partial charge in [0.15, 0.2) is 0 Å². The van der Waals surface area contributed by atoms with Gasteiger partial charge in [-0.1, -0.05) is 23.4 Å². The van der Waals surface area contributed by atoms with Crippen LogP contribution in [-0.4, -0.2) is 44.2 Å². The average molecular weight is 475 g/mol. The Morgan fingerprint density at radius 1 is 1.11 bits per heavy atom. The molecule has 5 rings (SSSR count). The molecule has 0 spiro atoms. The first-order valence-electron chi connectivity index (χ1n) is 11.0. The minimum atomic E-state index is -0.482. The highest BCUT2D eigenvalue weighted by atomic mass is 19.1. The van der Waals surface area contributed by atoms with Gasteiger partial charge in [-0.3, -0.25) is 9.80 Å². The fourth-order valence-corrected chi connectivity index (χ4v) is 3.43. The molecule has 10 nitrogen and oxygen atoms in total. The summed E-state index contributed by atoms with van der Waals surface area (Å²) >= 11 is 0. The molecule has 0 unspecified atom stereocenters. The van der Waals surface area contributed by atoms with Crippen molar-refractivity contribution in [2.24, 2.45) is 5.84 Å². The molecule has 35 heavy (non-hydrogen) atoms. The van der Waals surface area contributed by atoms with Crippen LogP contribution in [0.2, 0.25) is 0 Å². The maximum absolute atomic E-state index is 13.2.